The number of carbonyl (C=O) groups excluding carboxylic acids is 2. The molecule has 0 fully saturated rings. The quantitative estimate of drug-likeness (QED) is 0.865. The Morgan fingerprint density at radius 2 is 2.05 bits per heavy atom. The number of esters is 1. The molecule has 0 aliphatic carbocycles. The van der Waals surface area contributed by atoms with Gasteiger partial charge in [-0.3, -0.25) is 9.59 Å². The topological polar surface area (TPSA) is 55.4 Å². The summed E-state index contributed by atoms with van der Waals surface area (Å²) in [7, 11) is 1.28. The van der Waals surface area contributed by atoms with Crippen LogP contribution in [0.5, 0.6) is 0 Å². The van der Waals surface area contributed by atoms with E-state index in [1.807, 2.05) is 0 Å². The summed E-state index contributed by atoms with van der Waals surface area (Å²) in [6.07, 6.45) is 0. The molecule has 1 rings (SSSR count). The molecule has 0 atom stereocenters. The lowest BCUT2D eigenvalue weighted by Crippen LogP contribution is -2.39. The van der Waals surface area contributed by atoms with Crippen molar-refractivity contribution in [3.8, 4) is 0 Å². The van der Waals surface area contributed by atoms with Crippen LogP contribution >= 0.6 is 11.6 Å². The number of ether oxygens (including phenoxy) is 1. The molecule has 0 saturated heterocycles. The zero-order chi connectivity index (χ0) is 14.6. The summed E-state index contributed by atoms with van der Waals surface area (Å²) in [6, 6.07) is 3.49. The van der Waals surface area contributed by atoms with Crippen LogP contribution in [0, 0.1) is 11.2 Å². The molecule has 0 aliphatic heterocycles. The third-order valence-electron chi connectivity index (χ3n) is 2.60. The van der Waals surface area contributed by atoms with Crippen LogP contribution in [0.2, 0.25) is 5.02 Å². The molecule has 0 spiro atoms. The van der Waals surface area contributed by atoms with E-state index in [4.69, 9.17) is 11.6 Å². The summed E-state index contributed by atoms with van der Waals surface area (Å²) in [4.78, 5) is 23.3. The van der Waals surface area contributed by atoms with Crippen LogP contribution in [0.25, 0.3) is 0 Å². The SMILES string of the molecule is COC(=O)C(C)(C)CNC(=O)c1ccc(F)cc1Cl. The van der Waals surface area contributed by atoms with Crippen molar-refractivity contribution in [2.45, 2.75) is 13.8 Å². The lowest BCUT2D eigenvalue weighted by Gasteiger charge is -2.21. The fourth-order valence-corrected chi connectivity index (χ4v) is 1.67. The van der Waals surface area contributed by atoms with Gasteiger partial charge in [0, 0.05) is 6.54 Å². The number of amides is 1. The molecule has 0 heterocycles. The van der Waals surface area contributed by atoms with Crippen LogP contribution in [0.1, 0.15) is 24.2 Å². The molecule has 0 aliphatic rings. The molecular formula is C13H15ClFNO3. The molecule has 1 aromatic rings. The number of carbonyl (C=O) groups is 2. The molecular weight excluding hydrogens is 273 g/mol. The summed E-state index contributed by atoms with van der Waals surface area (Å²) >= 11 is 5.77. The van der Waals surface area contributed by atoms with Gasteiger partial charge in [-0.1, -0.05) is 11.6 Å². The molecule has 1 N–H and O–H groups in total. The van der Waals surface area contributed by atoms with Gasteiger partial charge in [-0.25, -0.2) is 4.39 Å². The van der Waals surface area contributed by atoms with Gasteiger partial charge < -0.3 is 10.1 Å². The third kappa shape index (κ3) is 3.92. The van der Waals surface area contributed by atoms with Crippen molar-refractivity contribution in [1.82, 2.24) is 5.32 Å². The monoisotopic (exact) mass is 287 g/mol. The zero-order valence-corrected chi connectivity index (χ0v) is 11.7. The van der Waals surface area contributed by atoms with Gasteiger partial charge in [-0.05, 0) is 32.0 Å². The van der Waals surface area contributed by atoms with Gasteiger partial charge in [-0.15, -0.1) is 0 Å². The number of rotatable bonds is 4. The molecule has 0 radical (unpaired) electrons. The summed E-state index contributed by atoms with van der Waals surface area (Å²) in [5.41, 5.74) is -0.694. The van der Waals surface area contributed by atoms with Gasteiger partial charge in [0.1, 0.15) is 5.82 Å². The van der Waals surface area contributed by atoms with Crippen molar-refractivity contribution in [2.75, 3.05) is 13.7 Å². The minimum Gasteiger partial charge on any atom is -0.469 e. The Hall–Kier alpha value is -1.62. The lowest BCUT2D eigenvalue weighted by atomic mass is 9.93. The average Bonchev–Trinajstić information content (AvgIpc) is 2.35. The molecule has 0 saturated carbocycles. The van der Waals surface area contributed by atoms with Crippen LogP contribution in [0.15, 0.2) is 18.2 Å². The first kappa shape index (κ1) is 15.4. The summed E-state index contributed by atoms with van der Waals surface area (Å²) < 4.78 is 17.5. The number of nitrogens with one attached hydrogen (secondary N) is 1. The second-order valence-electron chi connectivity index (χ2n) is 4.68. The van der Waals surface area contributed by atoms with E-state index in [0.717, 1.165) is 12.1 Å². The summed E-state index contributed by atoms with van der Waals surface area (Å²) in [5, 5.41) is 2.59. The first-order chi connectivity index (χ1) is 8.77. The minimum atomic E-state index is -0.850. The maximum absolute atomic E-state index is 12.9. The molecule has 1 amide bonds. The lowest BCUT2D eigenvalue weighted by molar-refractivity contribution is -0.150. The van der Waals surface area contributed by atoms with Gasteiger partial charge in [0.2, 0.25) is 0 Å². The summed E-state index contributed by atoms with van der Waals surface area (Å²) in [6.45, 7) is 3.38. The molecule has 0 bridgehead atoms. The number of benzene rings is 1. The number of halogens is 2. The first-order valence-electron chi connectivity index (χ1n) is 5.59. The van der Waals surface area contributed by atoms with Crippen LogP contribution in [-0.4, -0.2) is 25.5 Å². The van der Waals surface area contributed by atoms with E-state index < -0.39 is 23.1 Å². The van der Waals surface area contributed by atoms with Crippen molar-refractivity contribution in [2.24, 2.45) is 5.41 Å². The second-order valence-corrected chi connectivity index (χ2v) is 5.09. The van der Waals surface area contributed by atoms with Gasteiger partial charge in [0.15, 0.2) is 0 Å². The number of methoxy groups -OCH3 is 1. The zero-order valence-electron chi connectivity index (χ0n) is 10.9. The molecule has 19 heavy (non-hydrogen) atoms. The van der Waals surface area contributed by atoms with E-state index in [1.165, 1.54) is 13.2 Å². The summed E-state index contributed by atoms with van der Waals surface area (Å²) in [5.74, 6) is -1.42. The second kappa shape index (κ2) is 6.02. The molecule has 104 valence electrons. The van der Waals surface area contributed by atoms with E-state index >= 15 is 0 Å². The molecule has 6 heteroatoms. The van der Waals surface area contributed by atoms with Gasteiger partial charge in [0.05, 0.1) is 23.1 Å². The highest BCUT2D eigenvalue weighted by atomic mass is 35.5. The van der Waals surface area contributed by atoms with Crippen LogP contribution in [0.3, 0.4) is 0 Å². The normalized spacial score (nSPS) is 11.0. The largest absolute Gasteiger partial charge is 0.469 e. The maximum atomic E-state index is 12.9. The predicted octanol–water partition coefficient (Wildman–Crippen LogP) is 2.41. The Kier molecular flexibility index (Phi) is 4.89. The van der Waals surface area contributed by atoms with Crippen LogP contribution < -0.4 is 5.32 Å². The van der Waals surface area contributed by atoms with Crippen molar-refractivity contribution < 1.29 is 18.7 Å². The standard InChI is InChI=1S/C13H15ClFNO3/c1-13(2,12(18)19-3)7-16-11(17)9-5-4-8(15)6-10(9)14/h4-6H,7H2,1-3H3,(H,16,17). The Labute approximate surface area is 115 Å². The Balaban J connectivity index is 2.73. The first-order valence-corrected chi connectivity index (χ1v) is 5.97. The molecule has 1 aromatic carbocycles. The van der Waals surface area contributed by atoms with Crippen LogP contribution in [-0.2, 0) is 9.53 Å². The Morgan fingerprint density at radius 3 is 2.58 bits per heavy atom. The van der Waals surface area contributed by atoms with E-state index in [-0.39, 0.29) is 17.1 Å². The Bertz CT molecular complexity index is 503. The highest BCUT2D eigenvalue weighted by molar-refractivity contribution is 6.33. The average molecular weight is 288 g/mol. The highest BCUT2D eigenvalue weighted by Crippen LogP contribution is 2.19. The van der Waals surface area contributed by atoms with Gasteiger partial charge >= 0.3 is 5.97 Å². The van der Waals surface area contributed by atoms with E-state index in [1.54, 1.807) is 13.8 Å². The van der Waals surface area contributed by atoms with E-state index in [9.17, 15) is 14.0 Å². The van der Waals surface area contributed by atoms with Crippen molar-refractivity contribution in [1.29, 1.82) is 0 Å². The smallest absolute Gasteiger partial charge is 0.313 e. The van der Waals surface area contributed by atoms with Crippen LogP contribution in [0.4, 0.5) is 4.39 Å². The fraction of sp³-hybridized carbons (Fsp3) is 0.385. The molecule has 0 unspecified atom stereocenters. The molecule has 4 nitrogen and oxygen atoms in total. The van der Waals surface area contributed by atoms with Crippen molar-refractivity contribution in [3.05, 3.63) is 34.6 Å². The Morgan fingerprint density at radius 1 is 1.42 bits per heavy atom. The van der Waals surface area contributed by atoms with Gasteiger partial charge in [-0.2, -0.15) is 0 Å². The van der Waals surface area contributed by atoms with E-state index in [2.05, 4.69) is 10.1 Å². The fourth-order valence-electron chi connectivity index (χ4n) is 1.42. The highest BCUT2D eigenvalue weighted by Gasteiger charge is 2.29. The number of hydrogen-bond donors (Lipinski definition) is 1. The maximum Gasteiger partial charge on any atom is 0.313 e. The molecule has 0 aromatic heterocycles. The van der Waals surface area contributed by atoms with Crippen molar-refractivity contribution in [3.63, 3.8) is 0 Å². The predicted molar refractivity (Wildman–Crippen MR) is 69.5 cm³/mol. The van der Waals surface area contributed by atoms with Crippen molar-refractivity contribution >= 4 is 23.5 Å². The van der Waals surface area contributed by atoms with Gasteiger partial charge in [0.25, 0.3) is 5.91 Å². The number of hydrogen-bond acceptors (Lipinski definition) is 3. The third-order valence-corrected chi connectivity index (χ3v) is 2.92. The van der Waals surface area contributed by atoms with E-state index in [0.29, 0.717) is 0 Å². The minimum absolute atomic E-state index is 0.0216.